The van der Waals surface area contributed by atoms with Crippen LogP contribution in [0.5, 0.6) is 5.75 Å². The molecule has 0 aliphatic carbocycles. The second kappa shape index (κ2) is 8.62. The summed E-state index contributed by atoms with van der Waals surface area (Å²) in [5, 5.41) is 0. The number of amides is 1. The molecule has 1 N–H and O–H groups in total. The Hall–Kier alpha value is -2.58. The fraction of sp³-hybridized carbons (Fsp3) is 0.350. The van der Waals surface area contributed by atoms with Crippen molar-refractivity contribution in [3.8, 4) is 5.75 Å². The van der Waals surface area contributed by atoms with Crippen molar-refractivity contribution in [1.29, 1.82) is 0 Å². The van der Waals surface area contributed by atoms with Gasteiger partial charge >= 0.3 is 0 Å². The van der Waals surface area contributed by atoms with Gasteiger partial charge in [-0.1, -0.05) is 23.8 Å². The fourth-order valence-corrected chi connectivity index (χ4v) is 4.07. The Morgan fingerprint density at radius 1 is 1.07 bits per heavy atom. The molecule has 1 aliphatic rings. The number of methoxy groups -OCH3 is 1. The van der Waals surface area contributed by atoms with E-state index in [4.69, 9.17) is 4.74 Å². The van der Waals surface area contributed by atoms with E-state index in [1.54, 1.807) is 24.1 Å². The Morgan fingerprint density at radius 2 is 1.75 bits per heavy atom. The molecule has 0 saturated carbocycles. The van der Waals surface area contributed by atoms with E-state index in [0.717, 1.165) is 17.0 Å². The van der Waals surface area contributed by atoms with Gasteiger partial charge in [-0.2, -0.15) is 0 Å². The number of sulfonamides is 1. The van der Waals surface area contributed by atoms with Crippen LogP contribution in [0.2, 0.25) is 0 Å². The van der Waals surface area contributed by atoms with E-state index in [1.165, 1.54) is 12.1 Å². The molecule has 1 saturated heterocycles. The normalized spacial score (nSPS) is 14.8. The van der Waals surface area contributed by atoms with E-state index in [9.17, 15) is 13.2 Å². The van der Waals surface area contributed by atoms with Crippen molar-refractivity contribution < 1.29 is 17.9 Å². The molecule has 7 nitrogen and oxygen atoms in total. The minimum atomic E-state index is -3.69. The van der Waals surface area contributed by atoms with Crippen molar-refractivity contribution in [3.05, 3.63) is 54.1 Å². The number of ether oxygens (including phenoxy) is 1. The number of rotatable bonds is 6. The van der Waals surface area contributed by atoms with E-state index in [0.29, 0.717) is 26.2 Å². The third-order valence-electron chi connectivity index (χ3n) is 4.80. The summed E-state index contributed by atoms with van der Waals surface area (Å²) >= 11 is 0. The summed E-state index contributed by atoms with van der Waals surface area (Å²) in [5.74, 6) is 0.572. The Labute approximate surface area is 166 Å². The predicted octanol–water partition coefficient (Wildman–Crippen LogP) is 1.63. The van der Waals surface area contributed by atoms with E-state index in [2.05, 4.69) is 9.62 Å². The largest absolute Gasteiger partial charge is 0.497 e. The van der Waals surface area contributed by atoms with Gasteiger partial charge in [0.15, 0.2) is 0 Å². The number of aryl methyl sites for hydroxylation is 1. The molecule has 0 unspecified atom stereocenters. The van der Waals surface area contributed by atoms with Crippen molar-refractivity contribution in [2.75, 3.05) is 44.7 Å². The summed E-state index contributed by atoms with van der Waals surface area (Å²) in [6.45, 7) is 4.10. The average Bonchev–Trinajstić information content (AvgIpc) is 2.72. The molecule has 1 amide bonds. The summed E-state index contributed by atoms with van der Waals surface area (Å²) < 4.78 is 32.3. The van der Waals surface area contributed by atoms with Gasteiger partial charge in [-0.05, 0) is 31.2 Å². The molecule has 0 aromatic heterocycles. The maximum atomic E-state index is 12.4. The summed E-state index contributed by atoms with van der Waals surface area (Å²) in [7, 11) is -2.06. The van der Waals surface area contributed by atoms with Crippen LogP contribution in [0.25, 0.3) is 0 Å². The Kier molecular flexibility index (Phi) is 6.21. The SMILES string of the molecule is COc1cccc(N2CCN(C(=O)CNS(=O)(=O)c3ccc(C)cc3)CC2)c1. The first-order chi connectivity index (χ1) is 13.4. The van der Waals surface area contributed by atoms with Gasteiger partial charge in [-0.3, -0.25) is 4.79 Å². The zero-order valence-electron chi connectivity index (χ0n) is 16.1. The molecular weight excluding hydrogens is 378 g/mol. The third-order valence-corrected chi connectivity index (χ3v) is 6.21. The lowest BCUT2D eigenvalue weighted by Gasteiger charge is -2.36. The lowest BCUT2D eigenvalue weighted by Crippen LogP contribution is -2.51. The van der Waals surface area contributed by atoms with Crippen LogP contribution in [0, 0.1) is 6.92 Å². The maximum Gasteiger partial charge on any atom is 0.241 e. The summed E-state index contributed by atoms with van der Waals surface area (Å²) in [6.07, 6.45) is 0. The number of piperazine rings is 1. The zero-order valence-corrected chi connectivity index (χ0v) is 16.9. The van der Waals surface area contributed by atoms with Gasteiger partial charge in [0.2, 0.25) is 15.9 Å². The molecule has 8 heteroatoms. The van der Waals surface area contributed by atoms with Gasteiger partial charge in [0.25, 0.3) is 0 Å². The molecule has 2 aromatic carbocycles. The maximum absolute atomic E-state index is 12.4. The lowest BCUT2D eigenvalue weighted by atomic mass is 10.2. The molecule has 2 aromatic rings. The minimum absolute atomic E-state index is 0.161. The topological polar surface area (TPSA) is 79.0 Å². The van der Waals surface area contributed by atoms with Gasteiger partial charge in [0.1, 0.15) is 5.75 Å². The van der Waals surface area contributed by atoms with Crippen LogP contribution in [0.15, 0.2) is 53.4 Å². The van der Waals surface area contributed by atoms with Crippen LogP contribution in [0.4, 0.5) is 5.69 Å². The van der Waals surface area contributed by atoms with Crippen LogP contribution in [0.3, 0.4) is 0 Å². The molecule has 28 heavy (non-hydrogen) atoms. The number of anilines is 1. The minimum Gasteiger partial charge on any atom is -0.497 e. The second-order valence-electron chi connectivity index (χ2n) is 6.71. The lowest BCUT2D eigenvalue weighted by molar-refractivity contribution is -0.130. The highest BCUT2D eigenvalue weighted by molar-refractivity contribution is 7.89. The van der Waals surface area contributed by atoms with Crippen LogP contribution < -0.4 is 14.4 Å². The smallest absolute Gasteiger partial charge is 0.241 e. The fourth-order valence-electron chi connectivity index (χ4n) is 3.09. The molecule has 0 atom stereocenters. The first-order valence-corrected chi connectivity index (χ1v) is 10.6. The standard InChI is InChI=1S/C20H25N3O4S/c1-16-6-8-19(9-7-16)28(25,26)21-15-20(24)23-12-10-22(11-13-23)17-4-3-5-18(14-17)27-2/h3-9,14,21H,10-13,15H2,1-2H3. The first kappa shape index (κ1) is 20.2. The number of carbonyl (C=O) groups is 1. The van der Waals surface area contributed by atoms with Gasteiger partial charge in [-0.15, -0.1) is 0 Å². The van der Waals surface area contributed by atoms with Gasteiger partial charge in [-0.25, -0.2) is 13.1 Å². The average molecular weight is 404 g/mol. The molecule has 0 spiro atoms. The van der Waals surface area contributed by atoms with Crippen molar-refractivity contribution in [1.82, 2.24) is 9.62 Å². The van der Waals surface area contributed by atoms with Crippen molar-refractivity contribution in [2.45, 2.75) is 11.8 Å². The quantitative estimate of drug-likeness (QED) is 0.793. The Balaban J connectivity index is 1.53. The van der Waals surface area contributed by atoms with Crippen LogP contribution in [0.1, 0.15) is 5.56 Å². The third kappa shape index (κ3) is 4.82. The first-order valence-electron chi connectivity index (χ1n) is 9.12. The van der Waals surface area contributed by atoms with Crippen molar-refractivity contribution in [2.24, 2.45) is 0 Å². The Morgan fingerprint density at radius 3 is 2.39 bits per heavy atom. The van der Waals surface area contributed by atoms with E-state index in [-0.39, 0.29) is 17.3 Å². The number of carbonyl (C=O) groups excluding carboxylic acids is 1. The molecule has 1 heterocycles. The number of nitrogens with one attached hydrogen (secondary N) is 1. The van der Waals surface area contributed by atoms with Crippen LogP contribution >= 0.6 is 0 Å². The highest BCUT2D eigenvalue weighted by Gasteiger charge is 2.23. The summed E-state index contributed by atoms with van der Waals surface area (Å²) in [6, 6.07) is 14.3. The van der Waals surface area contributed by atoms with Gasteiger partial charge in [0, 0.05) is 37.9 Å². The number of benzene rings is 2. The van der Waals surface area contributed by atoms with Gasteiger partial charge < -0.3 is 14.5 Å². The van der Waals surface area contributed by atoms with Crippen molar-refractivity contribution in [3.63, 3.8) is 0 Å². The predicted molar refractivity (Wildman–Crippen MR) is 108 cm³/mol. The van der Waals surface area contributed by atoms with Crippen molar-refractivity contribution >= 4 is 21.6 Å². The Bertz CT molecular complexity index is 921. The zero-order chi connectivity index (χ0) is 20.1. The monoisotopic (exact) mass is 403 g/mol. The molecule has 0 bridgehead atoms. The molecule has 1 fully saturated rings. The van der Waals surface area contributed by atoms with Gasteiger partial charge in [0.05, 0.1) is 18.6 Å². The molecule has 0 radical (unpaired) electrons. The molecule has 3 rings (SSSR count). The van der Waals surface area contributed by atoms with Crippen LogP contribution in [-0.2, 0) is 14.8 Å². The summed E-state index contributed by atoms with van der Waals surface area (Å²) in [4.78, 5) is 16.5. The van der Waals surface area contributed by atoms with Crippen LogP contribution in [-0.4, -0.2) is 59.1 Å². The highest BCUT2D eigenvalue weighted by atomic mass is 32.2. The molecule has 150 valence electrons. The number of hydrogen-bond acceptors (Lipinski definition) is 5. The summed E-state index contributed by atoms with van der Waals surface area (Å²) in [5.41, 5.74) is 2.02. The second-order valence-corrected chi connectivity index (χ2v) is 8.47. The van der Waals surface area contributed by atoms with E-state index in [1.807, 2.05) is 31.2 Å². The highest BCUT2D eigenvalue weighted by Crippen LogP contribution is 2.22. The van der Waals surface area contributed by atoms with E-state index >= 15 is 0 Å². The molecular formula is C20H25N3O4S. The number of hydrogen-bond donors (Lipinski definition) is 1. The molecule has 1 aliphatic heterocycles. The van der Waals surface area contributed by atoms with E-state index < -0.39 is 10.0 Å². The number of nitrogens with zero attached hydrogens (tertiary/aromatic N) is 2.